The fourth-order valence-electron chi connectivity index (χ4n) is 2.38. The van der Waals surface area contributed by atoms with Gasteiger partial charge in [-0.1, -0.05) is 0 Å². The van der Waals surface area contributed by atoms with Crippen LogP contribution in [0.3, 0.4) is 0 Å². The fourth-order valence-corrected chi connectivity index (χ4v) is 2.38. The lowest BCUT2D eigenvalue weighted by molar-refractivity contribution is 0.0481. The summed E-state index contributed by atoms with van der Waals surface area (Å²) in [6.07, 6.45) is 2.42. The van der Waals surface area contributed by atoms with Crippen molar-refractivity contribution in [2.45, 2.75) is 45.6 Å². The first kappa shape index (κ1) is 15.8. The Kier molecular flexibility index (Phi) is 5.17. The van der Waals surface area contributed by atoms with E-state index in [2.05, 4.69) is 25.2 Å². The van der Waals surface area contributed by atoms with Gasteiger partial charge in [-0.2, -0.15) is 15.0 Å². The van der Waals surface area contributed by atoms with E-state index in [4.69, 9.17) is 4.74 Å². The molecule has 0 aliphatic carbocycles. The van der Waals surface area contributed by atoms with Gasteiger partial charge in [-0.3, -0.25) is 0 Å². The quantitative estimate of drug-likeness (QED) is 0.850. The molecule has 1 fully saturated rings. The monoisotopic (exact) mass is 295 g/mol. The first-order valence-corrected chi connectivity index (χ1v) is 7.64. The number of hydrogen-bond acceptors (Lipinski definition) is 7. The van der Waals surface area contributed by atoms with Gasteiger partial charge in [0.25, 0.3) is 0 Å². The average molecular weight is 295 g/mol. The summed E-state index contributed by atoms with van der Waals surface area (Å²) in [6.45, 7) is 8.60. The third-order valence-corrected chi connectivity index (χ3v) is 3.56. The molecule has 2 heterocycles. The predicted octanol–water partition coefficient (Wildman–Crippen LogP) is 1.44. The molecule has 0 saturated carbocycles. The molecule has 1 saturated heterocycles. The highest BCUT2D eigenvalue weighted by molar-refractivity contribution is 5.38. The maximum atomic E-state index is 10.2. The van der Waals surface area contributed by atoms with Crippen molar-refractivity contribution >= 4 is 11.9 Å². The van der Waals surface area contributed by atoms with E-state index >= 15 is 0 Å². The van der Waals surface area contributed by atoms with Gasteiger partial charge in [-0.05, 0) is 40.0 Å². The number of anilines is 2. The molecule has 0 bridgehead atoms. The molecule has 0 radical (unpaired) electrons. The molecule has 1 aromatic rings. The highest BCUT2D eigenvalue weighted by Crippen LogP contribution is 2.24. The molecule has 0 amide bonds. The number of ether oxygens (including phenoxy) is 1. The Morgan fingerprint density at radius 3 is 2.76 bits per heavy atom. The van der Waals surface area contributed by atoms with Gasteiger partial charge >= 0.3 is 6.01 Å². The molecule has 1 unspecified atom stereocenters. The first-order chi connectivity index (χ1) is 10.0. The number of aliphatic hydroxyl groups is 1. The van der Waals surface area contributed by atoms with Crippen LogP contribution in [0.5, 0.6) is 6.01 Å². The van der Waals surface area contributed by atoms with Crippen LogP contribution >= 0.6 is 0 Å². The lowest BCUT2D eigenvalue weighted by Crippen LogP contribution is -2.29. The van der Waals surface area contributed by atoms with E-state index in [9.17, 15) is 5.11 Å². The highest BCUT2D eigenvalue weighted by Gasteiger charge is 2.26. The topological polar surface area (TPSA) is 83.4 Å². The predicted molar refractivity (Wildman–Crippen MR) is 81.8 cm³/mol. The summed E-state index contributed by atoms with van der Waals surface area (Å²) in [6, 6.07) is 0.342. The molecule has 7 heteroatoms. The zero-order valence-electron chi connectivity index (χ0n) is 13.1. The standard InChI is InChI=1S/C14H25N5O2/c1-4-15-11-16-12(18-13(17-11)21-5-2)19-9-6-7-14(3,20)8-10-19/h20H,4-10H2,1-3H3,(H,15,16,17,18). The summed E-state index contributed by atoms with van der Waals surface area (Å²) in [5.41, 5.74) is -0.602. The van der Waals surface area contributed by atoms with Crippen molar-refractivity contribution in [1.82, 2.24) is 15.0 Å². The molecular formula is C14H25N5O2. The SMILES string of the molecule is CCNc1nc(OCC)nc(N2CCCC(C)(O)CC2)n1. The third-order valence-electron chi connectivity index (χ3n) is 3.56. The van der Waals surface area contributed by atoms with Crippen molar-refractivity contribution in [2.24, 2.45) is 0 Å². The first-order valence-electron chi connectivity index (χ1n) is 7.64. The van der Waals surface area contributed by atoms with E-state index in [0.717, 1.165) is 32.5 Å². The largest absolute Gasteiger partial charge is 0.464 e. The van der Waals surface area contributed by atoms with Crippen molar-refractivity contribution in [2.75, 3.05) is 36.5 Å². The van der Waals surface area contributed by atoms with Gasteiger partial charge in [0.05, 0.1) is 12.2 Å². The van der Waals surface area contributed by atoms with Gasteiger partial charge in [0.2, 0.25) is 11.9 Å². The molecule has 1 aliphatic heterocycles. The Balaban J connectivity index is 2.20. The highest BCUT2D eigenvalue weighted by atomic mass is 16.5. The summed E-state index contributed by atoms with van der Waals surface area (Å²) >= 11 is 0. The normalized spacial score (nSPS) is 22.8. The van der Waals surface area contributed by atoms with Crippen LogP contribution in [-0.4, -0.2) is 51.9 Å². The van der Waals surface area contributed by atoms with Gasteiger partial charge in [0.1, 0.15) is 0 Å². The van der Waals surface area contributed by atoms with Crippen LogP contribution in [0.25, 0.3) is 0 Å². The number of hydrogen-bond donors (Lipinski definition) is 2. The van der Waals surface area contributed by atoms with Crippen LogP contribution in [-0.2, 0) is 0 Å². The van der Waals surface area contributed by atoms with E-state index < -0.39 is 5.60 Å². The molecule has 1 aliphatic rings. The van der Waals surface area contributed by atoms with Crippen LogP contribution in [0.4, 0.5) is 11.9 Å². The number of aromatic nitrogens is 3. The van der Waals surface area contributed by atoms with Crippen LogP contribution in [0.1, 0.15) is 40.0 Å². The van der Waals surface area contributed by atoms with E-state index in [-0.39, 0.29) is 0 Å². The minimum atomic E-state index is -0.602. The van der Waals surface area contributed by atoms with E-state index in [1.165, 1.54) is 0 Å². The number of rotatable bonds is 5. The summed E-state index contributed by atoms with van der Waals surface area (Å²) in [5.74, 6) is 1.14. The van der Waals surface area contributed by atoms with Crippen molar-refractivity contribution in [1.29, 1.82) is 0 Å². The van der Waals surface area contributed by atoms with E-state index in [0.29, 0.717) is 30.9 Å². The van der Waals surface area contributed by atoms with Crippen molar-refractivity contribution < 1.29 is 9.84 Å². The Labute approximate surface area is 125 Å². The summed E-state index contributed by atoms with van der Waals surface area (Å²) < 4.78 is 5.42. The Morgan fingerprint density at radius 2 is 2.05 bits per heavy atom. The average Bonchev–Trinajstić information content (AvgIpc) is 2.60. The third kappa shape index (κ3) is 4.42. The van der Waals surface area contributed by atoms with Gasteiger partial charge in [-0.25, -0.2) is 0 Å². The molecule has 21 heavy (non-hydrogen) atoms. The molecule has 1 atom stereocenters. The second-order valence-corrected chi connectivity index (χ2v) is 5.54. The Bertz CT molecular complexity index is 442. The Hall–Kier alpha value is -1.63. The lowest BCUT2D eigenvalue weighted by atomic mass is 9.98. The van der Waals surface area contributed by atoms with Gasteiger partial charge < -0.3 is 20.1 Å². The van der Waals surface area contributed by atoms with E-state index in [1.807, 2.05) is 20.8 Å². The number of nitrogens with zero attached hydrogens (tertiary/aromatic N) is 4. The van der Waals surface area contributed by atoms with Crippen LogP contribution < -0.4 is 15.0 Å². The smallest absolute Gasteiger partial charge is 0.323 e. The maximum absolute atomic E-state index is 10.2. The minimum Gasteiger partial charge on any atom is -0.464 e. The summed E-state index contributed by atoms with van der Waals surface area (Å²) in [5, 5.41) is 13.3. The zero-order chi connectivity index (χ0) is 15.3. The van der Waals surface area contributed by atoms with E-state index in [1.54, 1.807) is 0 Å². The second kappa shape index (κ2) is 6.89. The van der Waals surface area contributed by atoms with Gasteiger partial charge in [0.15, 0.2) is 0 Å². The fraction of sp³-hybridized carbons (Fsp3) is 0.786. The summed E-state index contributed by atoms with van der Waals surface area (Å²) in [7, 11) is 0. The van der Waals surface area contributed by atoms with Crippen molar-refractivity contribution in [3.8, 4) is 6.01 Å². The molecular weight excluding hydrogens is 270 g/mol. The van der Waals surface area contributed by atoms with Crippen molar-refractivity contribution in [3.63, 3.8) is 0 Å². The van der Waals surface area contributed by atoms with Gasteiger partial charge in [0, 0.05) is 19.6 Å². The molecule has 1 aromatic heterocycles. The summed E-state index contributed by atoms with van der Waals surface area (Å²) in [4.78, 5) is 15.1. The van der Waals surface area contributed by atoms with Crippen molar-refractivity contribution in [3.05, 3.63) is 0 Å². The molecule has 7 nitrogen and oxygen atoms in total. The van der Waals surface area contributed by atoms with Crippen LogP contribution in [0.2, 0.25) is 0 Å². The van der Waals surface area contributed by atoms with Crippen LogP contribution in [0, 0.1) is 0 Å². The second-order valence-electron chi connectivity index (χ2n) is 5.54. The lowest BCUT2D eigenvalue weighted by Gasteiger charge is -2.23. The number of nitrogens with one attached hydrogen (secondary N) is 1. The van der Waals surface area contributed by atoms with Crippen LogP contribution in [0.15, 0.2) is 0 Å². The Morgan fingerprint density at radius 1 is 1.24 bits per heavy atom. The molecule has 0 spiro atoms. The molecule has 118 valence electrons. The van der Waals surface area contributed by atoms with Gasteiger partial charge in [-0.15, -0.1) is 0 Å². The molecule has 0 aromatic carbocycles. The molecule has 2 N–H and O–H groups in total. The molecule has 2 rings (SSSR count). The zero-order valence-corrected chi connectivity index (χ0v) is 13.1. The minimum absolute atomic E-state index is 0.342. The maximum Gasteiger partial charge on any atom is 0.323 e.